The molecule has 0 radical (unpaired) electrons. The molecule has 0 saturated heterocycles. The fourth-order valence-electron chi connectivity index (χ4n) is 7.56. The monoisotopic (exact) mass is 485 g/mol. The Morgan fingerprint density at radius 2 is 1.67 bits per heavy atom. The van der Waals surface area contributed by atoms with Crippen molar-refractivity contribution in [2.75, 3.05) is 13.1 Å². The van der Waals surface area contributed by atoms with Gasteiger partial charge in [-0.1, -0.05) is 48.5 Å². The van der Waals surface area contributed by atoms with E-state index in [-0.39, 0.29) is 12.2 Å². The van der Waals surface area contributed by atoms with Crippen molar-refractivity contribution < 1.29 is 9.53 Å². The zero-order chi connectivity index (χ0) is 24.5. The second-order valence-electron chi connectivity index (χ2n) is 11.9. The van der Waals surface area contributed by atoms with E-state index < -0.39 is 5.54 Å². The average molecular weight is 486 g/mol. The Morgan fingerprint density at radius 1 is 0.972 bits per heavy atom. The summed E-state index contributed by atoms with van der Waals surface area (Å²) in [5, 5.41) is 8.14. The molecule has 36 heavy (non-hydrogen) atoms. The Kier molecular flexibility index (Phi) is 6.51. The van der Waals surface area contributed by atoms with E-state index >= 15 is 0 Å². The predicted octanol–water partition coefficient (Wildman–Crippen LogP) is 5.85. The molecule has 5 nitrogen and oxygen atoms in total. The number of carbonyl (C=O) groups is 1. The number of amides is 1. The smallest absolute Gasteiger partial charge is 0.407 e. The van der Waals surface area contributed by atoms with E-state index in [2.05, 4.69) is 71.2 Å². The number of carbonyl (C=O) groups excluding carboxylic acids is 1. The van der Waals surface area contributed by atoms with Crippen LogP contribution in [0.3, 0.4) is 0 Å². The molecule has 4 aliphatic carbocycles. The lowest BCUT2D eigenvalue weighted by molar-refractivity contribution is -0.0971. The molecule has 4 saturated carbocycles. The minimum atomic E-state index is -0.468. The zero-order valence-corrected chi connectivity index (χ0v) is 21.3. The minimum absolute atomic E-state index is 0.0983. The van der Waals surface area contributed by atoms with Crippen LogP contribution in [0.2, 0.25) is 0 Å². The second kappa shape index (κ2) is 9.93. The van der Waals surface area contributed by atoms with Gasteiger partial charge in [-0.2, -0.15) is 0 Å². The quantitative estimate of drug-likeness (QED) is 0.333. The molecule has 5 heteroatoms. The molecule has 4 fully saturated rings. The largest absolute Gasteiger partial charge is 0.446 e. The van der Waals surface area contributed by atoms with Gasteiger partial charge in [-0.05, 0) is 99.3 Å². The summed E-state index contributed by atoms with van der Waals surface area (Å²) in [6, 6.07) is 18.9. The summed E-state index contributed by atoms with van der Waals surface area (Å²) in [7, 11) is 0. The van der Waals surface area contributed by atoms with Crippen LogP contribution in [0.5, 0.6) is 0 Å². The van der Waals surface area contributed by atoms with Gasteiger partial charge in [0.1, 0.15) is 6.10 Å². The first kappa shape index (κ1) is 23.6. The number of aromatic amines is 1. The van der Waals surface area contributed by atoms with Crippen molar-refractivity contribution >= 4 is 17.0 Å². The molecule has 190 valence electrons. The molecule has 0 spiro atoms. The number of H-pyrrole nitrogens is 1. The van der Waals surface area contributed by atoms with Crippen molar-refractivity contribution in [2.45, 2.75) is 63.5 Å². The van der Waals surface area contributed by atoms with Gasteiger partial charge in [0.15, 0.2) is 0 Å². The Morgan fingerprint density at radius 3 is 2.42 bits per heavy atom. The fourth-order valence-corrected chi connectivity index (χ4v) is 7.56. The highest BCUT2D eigenvalue weighted by molar-refractivity contribution is 5.83. The minimum Gasteiger partial charge on any atom is -0.446 e. The second-order valence-corrected chi connectivity index (χ2v) is 11.9. The summed E-state index contributed by atoms with van der Waals surface area (Å²) in [4.78, 5) is 16.7. The third-order valence-electron chi connectivity index (χ3n) is 8.99. The predicted molar refractivity (Wildman–Crippen MR) is 144 cm³/mol. The van der Waals surface area contributed by atoms with Gasteiger partial charge >= 0.3 is 6.09 Å². The van der Waals surface area contributed by atoms with Gasteiger partial charge in [-0.25, -0.2) is 4.79 Å². The van der Waals surface area contributed by atoms with Gasteiger partial charge < -0.3 is 20.4 Å². The van der Waals surface area contributed by atoms with Crippen LogP contribution in [-0.4, -0.2) is 35.8 Å². The Balaban J connectivity index is 1.13. The number of hydrogen-bond acceptors (Lipinski definition) is 3. The van der Waals surface area contributed by atoms with Crippen molar-refractivity contribution in [2.24, 2.45) is 23.7 Å². The summed E-state index contributed by atoms with van der Waals surface area (Å²) in [5.41, 5.74) is 3.19. The molecule has 4 aliphatic rings. The first-order chi connectivity index (χ1) is 17.5. The molecule has 1 aromatic heterocycles. The third kappa shape index (κ3) is 5.04. The fraction of sp³-hybridized carbons (Fsp3) is 0.516. The van der Waals surface area contributed by atoms with Crippen LogP contribution in [0, 0.1) is 23.7 Å². The lowest BCUT2D eigenvalue weighted by atomic mass is 9.55. The van der Waals surface area contributed by atoms with E-state index in [9.17, 15) is 4.79 Å². The summed E-state index contributed by atoms with van der Waals surface area (Å²) in [6.07, 6.45) is 10.0. The van der Waals surface area contributed by atoms with E-state index in [4.69, 9.17) is 4.74 Å². The molecule has 1 amide bonds. The molecule has 2 aromatic carbocycles. The lowest BCUT2D eigenvalue weighted by Crippen LogP contribution is -2.57. The van der Waals surface area contributed by atoms with E-state index in [0.717, 1.165) is 36.7 Å². The normalized spacial score (nSPS) is 28.2. The highest BCUT2D eigenvalue weighted by atomic mass is 16.6. The van der Waals surface area contributed by atoms with Crippen molar-refractivity contribution in [3.8, 4) is 0 Å². The number of ether oxygens (including phenoxy) is 1. The van der Waals surface area contributed by atoms with E-state index in [1.165, 1.54) is 48.6 Å². The molecule has 1 unspecified atom stereocenters. The molecule has 0 aliphatic heterocycles. The first-order valence-corrected chi connectivity index (χ1v) is 13.8. The summed E-state index contributed by atoms with van der Waals surface area (Å²) in [5.74, 6) is 2.87. The van der Waals surface area contributed by atoms with Gasteiger partial charge in [0.25, 0.3) is 0 Å². The highest BCUT2D eigenvalue weighted by Gasteiger charge is 2.50. The number of benzene rings is 2. The van der Waals surface area contributed by atoms with Crippen LogP contribution in [0.1, 0.15) is 50.2 Å². The van der Waals surface area contributed by atoms with Gasteiger partial charge in [0, 0.05) is 23.6 Å². The van der Waals surface area contributed by atoms with E-state index in [1.54, 1.807) is 0 Å². The number of rotatable bonds is 9. The number of alkyl carbamates (subject to hydrolysis) is 1. The van der Waals surface area contributed by atoms with Crippen molar-refractivity contribution in [3.63, 3.8) is 0 Å². The molecular weight excluding hydrogens is 446 g/mol. The standard InChI is InChI=1S/C31H39N3O2/c1-31(20-32-12-11-21-7-3-2-4-8-21,18-26-19-33-28-10-6-5-9-27(26)28)34-30(35)36-29-24-14-22-13-23(16-24)17-25(29)15-22/h2-10,19,22-25,29,32-33H,11-18,20H2,1H3,(H,34,35). The molecule has 3 aromatic rings. The third-order valence-corrected chi connectivity index (χ3v) is 8.99. The SMILES string of the molecule is CC(CNCCc1ccccc1)(Cc1c[nH]c2ccccc12)NC(=O)OC1C2CC3CC(C2)CC1C3. The highest BCUT2D eigenvalue weighted by Crippen LogP contribution is 2.54. The molecule has 1 heterocycles. The molecule has 4 bridgehead atoms. The maximum atomic E-state index is 13.3. The number of para-hydroxylation sites is 1. The summed E-state index contributed by atoms with van der Waals surface area (Å²) < 4.78 is 6.22. The summed E-state index contributed by atoms with van der Waals surface area (Å²) >= 11 is 0. The van der Waals surface area contributed by atoms with Crippen LogP contribution in [0.4, 0.5) is 4.79 Å². The van der Waals surface area contributed by atoms with Crippen LogP contribution >= 0.6 is 0 Å². The topological polar surface area (TPSA) is 66.2 Å². The van der Waals surface area contributed by atoms with Crippen LogP contribution in [0.25, 0.3) is 10.9 Å². The van der Waals surface area contributed by atoms with Gasteiger partial charge in [0.05, 0.1) is 5.54 Å². The van der Waals surface area contributed by atoms with Crippen molar-refractivity contribution in [3.05, 3.63) is 71.9 Å². The van der Waals surface area contributed by atoms with Crippen LogP contribution in [0.15, 0.2) is 60.8 Å². The Bertz CT molecular complexity index is 1160. The lowest BCUT2D eigenvalue weighted by Gasteiger charge is -2.53. The van der Waals surface area contributed by atoms with E-state index in [1.807, 2.05) is 12.1 Å². The molecular formula is C31H39N3O2. The van der Waals surface area contributed by atoms with Crippen molar-refractivity contribution in [1.29, 1.82) is 0 Å². The van der Waals surface area contributed by atoms with Gasteiger partial charge in [0.2, 0.25) is 0 Å². The number of fused-ring (bicyclic) bond motifs is 1. The van der Waals surface area contributed by atoms with Crippen LogP contribution in [-0.2, 0) is 17.6 Å². The number of nitrogens with one attached hydrogen (secondary N) is 3. The number of aromatic nitrogens is 1. The Hall–Kier alpha value is -2.79. The maximum Gasteiger partial charge on any atom is 0.407 e. The van der Waals surface area contributed by atoms with Crippen LogP contribution < -0.4 is 10.6 Å². The average Bonchev–Trinajstić information content (AvgIpc) is 3.27. The van der Waals surface area contributed by atoms with E-state index in [0.29, 0.717) is 18.4 Å². The van der Waals surface area contributed by atoms with Gasteiger partial charge in [-0.15, -0.1) is 0 Å². The number of hydrogen-bond donors (Lipinski definition) is 3. The van der Waals surface area contributed by atoms with Crippen molar-refractivity contribution in [1.82, 2.24) is 15.6 Å². The molecule has 3 N–H and O–H groups in total. The first-order valence-electron chi connectivity index (χ1n) is 13.8. The Labute approximate surface area is 214 Å². The molecule has 7 rings (SSSR count). The molecule has 1 atom stereocenters. The maximum absolute atomic E-state index is 13.3. The van der Waals surface area contributed by atoms with Gasteiger partial charge in [-0.3, -0.25) is 0 Å². The summed E-state index contributed by atoms with van der Waals surface area (Å²) in [6.45, 7) is 3.68. The zero-order valence-electron chi connectivity index (χ0n) is 21.3.